The Morgan fingerprint density at radius 1 is 1.62 bits per heavy atom. The summed E-state index contributed by atoms with van der Waals surface area (Å²) in [5.41, 5.74) is 6.54. The number of ether oxygens (including phenoxy) is 1. The molecule has 0 spiro atoms. The smallest absolute Gasteiger partial charge is 0.341 e. The molecule has 1 aromatic rings. The third kappa shape index (κ3) is 3.18. The molecule has 88 valence electrons. The van der Waals surface area contributed by atoms with Gasteiger partial charge in [-0.15, -0.1) is 0 Å². The Morgan fingerprint density at radius 3 is 2.94 bits per heavy atom. The second kappa shape index (κ2) is 6.44. The molecule has 1 rings (SSSR count). The number of nitrogens with zero attached hydrogens (tertiary/aromatic N) is 2. The van der Waals surface area contributed by atoms with Crippen LogP contribution < -0.4 is 5.73 Å². The van der Waals surface area contributed by atoms with Gasteiger partial charge < -0.3 is 10.5 Å². The van der Waals surface area contributed by atoms with Gasteiger partial charge in [0.25, 0.3) is 0 Å². The number of carbonyl (C=O) groups is 1. The van der Waals surface area contributed by atoms with Crippen LogP contribution in [0.25, 0.3) is 0 Å². The van der Waals surface area contributed by atoms with Gasteiger partial charge in [-0.05, 0) is 19.7 Å². The summed E-state index contributed by atoms with van der Waals surface area (Å²) in [6.45, 7) is 2.54. The second-order valence-corrected chi connectivity index (χ2v) is 3.75. The number of esters is 1. The minimum Gasteiger partial charge on any atom is -0.462 e. The second-order valence-electron chi connectivity index (χ2n) is 2.98. The Balaban J connectivity index is 3.01. The number of hydrogen-bond acceptors (Lipinski definition) is 6. The standard InChI is InChI=1S/C10H15N3O2S/c1-3-15-9(14)7-6-12-10(16-2)13-8(7)4-5-11/h6H,3-5,11H2,1-2H3. The first-order valence-electron chi connectivity index (χ1n) is 5.00. The van der Waals surface area contributed by atoms with Crippen LogP contribution in [0.1, 0.15) is 23.0 Å². The molecule has 0 atom stereocenters. The number of hydrogen-bond donors (Lipinski definition) is 1. The van der Waals surface area contributed by atoms with Crippen molar-refractivity contribution < 1.29 is 9.53 Å². The number of thioether (sulfide) groups is 1. The summed E-state index contributed by atoms with van der Waals surface area (Å²) in [5, 5.41) is 0.636. The minimum atomic E-state index is -0.390. The van der Waals surface area contributed by atoms with Gasteiger partial charge in [-0.3, -0.25) is 0 Å². The number of nitrogens with two attached hydrogens (primary N) is 1. The van der Waals surface area contributed by atoms with E-state index in [1.165, 1.54) is 18.0 Å². The normalized spacial score (nSPS) is 10.2. The van der Waals surface area contributed by atoms with Crippen molar-refractivity contribution in [3.8, 4) is 0 Å². The Hall–Kier alpha value is -1.14. The number of carbonyl (C=O) groups excluding carboxylic acids is 1. The quantitative estimate of drug-likeness (QED) is 0.468. The monoisotopic (exact) mass is 241 g/mol. The maximum absolute atomic E-state index is 11.6. The molecule has 0 saturated carbocycles. The highest BCUT2D eigenvalue weighted by atomic mass is 32.2. The molecule has 0 unspecified atom stereocenters. The van der Waals surface area contributed by atoms with Crippen molar-refractivity contribution in [2.75, 3.05) is 19.4 Å². The summed E-state index contributed by atoms with van der Waals surface area (Å²) in [6.07, 6.45) is 3.93. The molecule has 0 aromatic carbocycles. The van der Waals surface area contributed by atoms with Gasteiger partial charge in [-0.1, -0.05) is 11.8 Å². The molecule has 0 bridgehead atoms. The lowest BCUT2D eigenvalue weighted by molar-refractivity contribution is 0.0523. The van der Waals surface area contributed by atoms with Gasteiger partial charge in [-0.25, -0.2) is 14.8 Å². The van der Waals surface area contributed by atoms with E-state index in [0.717, 1.165) is 0 Å². The molecular weight excluding hydrogens is 226 g/mol. The van der Waals surface area contributed by atoms with Crippen LogP contribution >= 0.6 is 11.8 Å². The molecule has 5 nitrogen and oxygen atoms in total. The third-order valence-corrected chi connectivity index (χ3v) is 2.47. The Bertz CT molecular complexity index is 371. The van der Waals surface area contributed by atoms with Crippen LogP contribution in [-0.4, -0.2) is 35.3 Å². The predicted molar refractivity (Wildman–Crippen MR) is 62.5 cm³/mol. The van der Waals surface area contributed by atoms with Crippen molar-refractivity contribution in [3.63, 3.8) is 0 Å². The first-order chi connectivity index (χ1) is 7.72. The summed E-state index contributed by atoms with van der Waals surface area (Å²) < 4.78 is 4.92. The minimum absolute atomic E-state index is 0.338. The highest BCUT2D eigenvalue weighted by molar-refractivity contribution is 7.98. The van der Waals surface area contributed by atoms with E-state index in [1.54, 1.807) is 6.92 Å². The molecule has 1 heterocycles. The van der Waals surface area contributed by atoms with Crippen molar-refractivity contribution in [2.24, 2.45) is 5.73 Å². The first-order valence-corrected chi connectivity index (χ1v) is 6.22. The fraction of sp³-hybridized carbons (Fsp3) is 0.500. The van der Waals surface area contributed by atoms with E-state index in [-0.39, 0.29) is 0 Å². The fourth-order valence-electron chi connectivity index (χ4n) is 1.20. The lowest BCUT2D eigenvalue weighted by atomic mass is 10.2. The molecule has 0 saturated heterocycles. The van der Waals surface area contributed by atoms with E-state index in [1.807, 2.05) is 6.26 Å². The molecule has 6 heteroatoms. The van der Waals surface area contributed by atoms with Gasteiger partial charge >= 0.3 is 5.97 Å². The van der Waals surface area contributed by atoms with Gasteiger partial charge in [0.1, 0.15) is 0 Å². The largest absolute Gasteiger partial charge is 0.462 e. The average molecular weight is 241 g/mol. The molecule has 1 aromatic heterocycles. The molecule has 0 aliphatic heterocycles. The van der Waals surface area contributed by atoms with Gasteiger partial charge in [0, 0.05) is 12.6 Å². The predicted octanol–water partition coefficient (Wildman–Crippen LogP) is 0.876. The summed E-state index contributed by atoms with van der Waals surface area (Å²) in [6, 6.07) is 0. The maximum Gasteiger partial charge on any atom is 0.341 e. The molecule has 0 aliphatic rings. The lowest BCUT2D eigenvalue weighted by Crippen LogP contribution is -2.14. The summed E-state index contributed by atoms with van der Waals surface area (Å²) in [4.78, 5) is 19.9. The SMILES string of the molecule is CCOC(=O)c1cnc(SC)nc1CCN. The first kappa shape index (κ1) is 12.9. The van der Waals surface area contributed by atoms with Crippen molar-refractivity contribution in [1.82, 2.24) is 9.97 Å². The van der Waals surface area contributed by atoms with Crippen LogP contribution in [0.5, 0.6) is 0 Å². The lowest BCUT2D eigenvalue weighted by Gasteiger charge is -2.07. The molecule has 16 heavy (non-hydrogen) atoms. The Kier molecular flexibility index (Phi) is 5.21. The molecule has 0 amide bonds. The average Bonchev–Trinajstić information content (AvgIpc) is 2.29. The maximum atomic E-state index is 11.6. The Morgan fingerprint density at radius 2 is 2.38 bits per heavy atom. The molecule has 0 aliphatic carbocycles. The van der Waals surface area contributed by atoms with Gasteiger partial charge in [0.05, 0.1) is 17.9 Å². The highest BCUT2D eigenvalue weighted by Gasteiger charge is 2.14. The zero-order chi connectivity index (χ0) is 12.0. The van der Waals surface area contributed by atoms with E-state index in [4.69, 9.17) is 10.5 Å². The molecule has 0 radical (unpaired) electrons. The van der Waals surface area contributed by atoms with E-state index in [2.05, 4.69) is 9.97 Å². The summed E-state index contributed by atoms with van der Waals surface area (Å²) in [7, 11) is 0. The molecule has 0 fully saturated rings. The van der Waals surface area contributed by atoms with Crippen molar-refractivity contribution >= 4 is 17.7 Å². The van der Waals surface area contributed by atoms with E-state index >= 15 is 0 Å². The van der Waals surface area contributed by atoms with E-state index in [0.29, 0.717) is 36.0 Å². The van der Waals surface area contributed by atoms with E-state index < -0.39 is 5.97 Å². The number of rotatable bonds is 5. The van der Waals surface area contributed by atoms with Crippen LogP contribution in [-0.2, 0) is 11.2 Å². The van der Waals surface area contributed by atoms with Crippen LogP contribution in [0.4, 0.5) is 0 Å². The third-order valence-electron chi connectivity index (χ3n) is 1.90. The van der Waals surface area contributed by atoms with Gasteiger partial charge in [0.2, 0.25) is 0 Å². The van der Waals surface area contributed by atoms with Gasteiger partial charge in [-0.2, -0.15) is 0 Å². The van der Waals surface area contributed by atoms with Crippen LogP contribution in [0.2, 0.25) is 0 Å². The van der Waals surface area contributed by atoms with Crippen LogP contribution in [0.3, 0.4) is 0 Å². The van der Waals surface area contributed by atoms with Crippen molar-refractivity contribution in [1.29, 1.82) is 0 Å². The summed E-state index contributed by atoms with van der Waals surface area (Å²) >= 11 is 1.43. The van der Waals surface area contributed by atoms with Crippen molar-refractivity contribution in [3.05, 3.63) is 17.5 Å². The van der Waals surface area contributed by atoms with Crippen molar-refractivity contribution in [2.45, 2.75) is 18.5 Å². The molecular formula is C10H15N3O2S. The van der Waals surface area contributed by atoms with Crippen LogP contribution in [0.15, 0.2) is 11.4 Å². The Labute approximate surface area is 98.8 Å². The van der Waals surface area contributed by atoms with Crippen LogP contribution in [0, 0.1) is 0 Å². The number of aromatic nitrogens is 2. The zero-order valence-electron chi connectivity index (χ0n) is 9.40. The van der Waals surface area contributed by atoms with E-state index in [9.17, 15) is 4.79 Å². The molecule has 2 N–H and O–H groups in total. The topological polar surface area (TPSA) is 78.1 Å². The van der Waals surface area contributed by atoms with Gasteiger partial charge in [0.15, 0.2) is 5.16 Å². The fourth-order valence-corrected chi connectivity index (χ4v) is 1.56. The zero-order valence-corrected chi connectivity index (χ0v) is 10.2. The summed E-state index contributed by atoms with van der Waals surface area (Å²) in [5.74, 6) is -0.390. The highest BCUT2D eigenvalue weighted by Crippen LogP contribution is 2.13.